The normalized spacial score (nSPS) is 14.3. The molecule has 5 heteroatoms. The van der Waals surface area contributed by atoms with Crippen LogP contribution in [-0.2, 0) is 0 Å². The lowest BCUT2D eigenvalue weighted by Crippen LogP contribution is -2.33. The molecule has 1 saturated carbocycles. The number of anilines is 1. The van der Waals surface area contributed by atoms with E-state index in [0.717, 1.165) is 42.5 Å². The zero-order valence-corrected chi connectivity index (χ0v) is 14.6. The van der Waals surface area contributed by atoms with Crippen LogP contribution in [0.2, 0.25) is 0 Å². The number of benzene rings is 1. The van der Waals surface area contributed by atoms with Crippen LogP contribution in [0.1, 0.15) is 57.7 Å². The van der Waals surface area contributed by atoms with Crippen molar-refractivity contribution in [3.05, 3.63) is 58.9 Å². The molecule has 1 aromatic heterocycles. The van der Waals surface area contributed by atoms with Crippen LogP contribution < -0.4 is 10.6 Å². The Bertz CT molecular complexity index is 775. The lowest BCUT2D eigenvalue weighted by Gasteiger charge is -2.12. The van der Waals surface area contributed by atoms with Crippen molar-refractivity contribution < 1.29 is 9.59 Å². The summed E-state index contributed by atoms with van der Waals surface area (Å²) in [5.41, 5.74) is 3.62. The number of hydrogen-bond donors (Lipinski definition) is 2. The molecule has 0 unspecified atom stereocenters. The van der Waals surface area contributed by atoms with E-state index >= 15 is 0 Å². The van der Waals surface area contributed by atoms with Crippen molar-refractivity contribution in [2.75, 3.05) is 5.32 Å². The van der Waals surface area contributed by atoms with Crippen LogP contribution in [0.15, 0.2) is 36.5 Å². The Labute approximate surface area is 147 Å². The summed E-state index contributed by atoms with van der Waals surface area (Å²) in [5.74, 6) is -0.463. The average molecular weight is 337 g/mol. The van der Waals surface area contributed by atoms with Gasteiger partial charge in [-0.15, -0.1) is 0 Å². The van der Waals surface area contributed by atoms with Crippen molar-refractivity contribution in [2.45, 2.75) is 45.6 Å². The predicted molar refractivity (Wildman–Crippen MR) is 97.8 cm³/mol. The summed E-state index contributed by atoms with van der Waals surface area (Å²) in [6, 6.07) is 9.27. The summed E-state index contributed by atoms with van der Waals surface area (Å²) in [6.07, 6.45) is 5.82. The number of aromatic nitrogens is 1. The van der Waals surface area contributed by atoms with Gasteiger partial charge in [-0.3, -0.25) is 14.6 Å². The molecule has 5 nitrogen and oxygen atoms in total. The summed E-state index contributed by atoms with van der Waals surface area (Å²) in [6.45, 7) is 3.97. The molecule has 1 aromatic carbocycles. The fourth-order valence-corrected chi connectivity index (χ4v) is 3.28. The van der Waals surface area contributed by atoms with Gasteiger partial charge in [0.15, 0.2) is 0 Å². The summed E-state index contributed by atoms with van der Waals surface area (Å²) in [5, 5.41) is 5.87. The molecule has 0 atom stereocenters. The van der Waals surface area contributed by atoms with Crippen molar-refractivity contribution in [3.8, 4) is 0 Å². The minimum atomic E-state index is -0.248. The Kier molecular flexibility index (Phi) is 5.12. The summed E-state index contributed by atoms with van der Waals surface area (Å²) in [4.78, 5) is 28.9. The summed E-state index contributed by atoms with van der Waals surface area (Å²) < 4.78 is 0. The van der Waals surface area contributed by atoms with Crippen molar-refractivity contribution >= 4 is 17.5 Å². The number of amides is 2. The van der Waals surface area contributed by atoms with Gasteiger partial charge in [-0.1, -0.05) is 18.9 Å². The molecule has 3 rings (SSSR count). The van der Waals surface area contributed by atoms with E-state index in [1.165, 1.54) is 6.20 Å². The van der Waals surface area contributed by atoms with Crippen molar-refractivity contribution in [1.82, 2.24) is 10.3 Å². The van der Waals surface area contributed by atoms with Crippen LogP contribution in [0.4, 0.5) is 5.69 Å². The third-order valence-electron chi connectivity index (χ3n) is 4.42. The fourth-order valence-electron chi connectivity index (χ4n) is 3.28. The second kappa shape index (κ2) is 7.47. The van der Waals surface area contributed by atoms with Gasteiger partial charge in [-0.2, -0.15) is 0 Å². The molecule has 130 valence electrons. The van der Waals surface area contributed by atoms with Crippen molar-refractivity contribution in [3.63, 3.8) is 0 Å². The van der Waals surface area contributed by atoms with E-state index in [4.69, 9.17) is 0 Å². The highest BCUT2D eigenvalue weighted by Crippen LogP contribution is 2.18. The molecule has 2 aromatic rings. The predicted octanol–water partition coefficient (Wildman–Crippen LogP) is 3.62. The molecule has 2 amide bonds. The highest BCUT2D eigenvalue weighted by atomic mass is 16.2. The van der Waals surface area contributed by atoms with Gasteiger partial charge in [0, 0.05) is 23.5 Å². The maximum atomic E-state index is 12.5. The molecular formula is C20H23N3O2. The van der Waals surface area contributed by atoms with Gasteiger partial charge in [0.1, 0.15) is 5.69 Å². The molecule has 0 bridgehead atoms. The van der Waals surface area contributed by atoms with Gasteiger partial charge < -0.3 is 10.6 Å². The Morgan fingerprint density at radius 2 is 1.68 bits per heavy atom. The second-order valence-corrected chi connectivity index (χ2v) is 6.72. The topological polar surface area (TPSA) is 71.1 Å². The highest BCUT2D eigenvalue weighted by Gasteiger charge is 2.19. The van der Waals surface area contributed by atoms with Gasteiger partial charge in [-0.25, -0.2) is 0 Å². The number of carbonyl (C=O) groups is 2. The number of aryl methyl sites for hydroxylation is 2. The summed E-state index contributed by atoms with van der Waals surface area (Å²) in [7, 11) is 0. The number of carbonyl (C=O) groups excluding carboxylic acids is 2. The molecule has 1 fully saturated rings. The van der Waals surface area contributed by atoms with Crippen LogP contribution in [0.25, 0.3) is 0 Å². The smallest absolute Gasteiger partial charge is 0.270 e. The molecule has 0 radical (unpaired) electrons. The third kappa shape index (κ3) is 4.44. The molecule has 1 aliphatic rings. The molecule has 1 aliphatic carbocycles. The first-order valence-corrected chi connectivity index (χ1v) is 8.68. The number of rotatable bonds is 4. The Morgan fingerprint density at radius 1 is 1.00 bits per heavy atom. The van der Waals surface area contributed by atoms with Crippen LogP contribution in [0.3, 0.4) is 0 Å². The van der Waals surface area contributed by atoms with Crippen molar-refractivity contribution in [1.29, 1.82) is 0 Å². The SMILES string of the molecule is Cc1cc(C)cc(NC(=O)c2ccnc(C(=O)NC3CCCC3)c2)c1. The van der Waals surface area contributed by atoms with E-state index in [0.29, 0.717) is 5.56 Å². The molecule has 25 heavy (non-hydrogen) atoms. The number of nitrogens with one attached hydrogen (secondary N) is 2. The first kappa shape index (κ1) is 17.1. The first-order chi connectivity index (χ1) is 12.0. The van der Waals surface area contributed by atoms with Crippen molar-refractivity contribution in [2.24, 2.45) is 0 Å². The van der Waals surface area contributed by atoms with Gasteiger partial charge >= 0.3 is 0 Å². The lowest BCUT2D eigenvalue weighted by molar-refractivity contribution is 0.0933. The van der Waals surface area contributed by atoms with Crippen LogP contribution in [0.5, 0.6) is 0 Å². The monoisotopic (exact) mass is 337 g/mol. The van der Waals surface area contributed by atoms with Crippen LogP contribution in [-0.4, -0.2) is 22.8 Å². The van der Waals surface area contributed by atoms with E-state index < -0.39 is 0 Å². The standard InChI is InChI=1S/C20H23N3O2/c1-13-9-14(2)11-17(10-13)23-19(24)15-7-8-21-18(12-15)20(25)22-16-5-3-4-6-16/h7-12,16H,3-6H2,1-2H3,(H,22,25)(H,23,24). The molecule has 0 saturated heterocycles. The second-order valence-electron chi connectivity index (χ2n) is 6.72. The van der Waals surface area contributed by atoms with E-state index in [1.54, 1.807) is 12.1 Å². The lowest BCUT2D eigenvalue weighted by atomic mass is 10.1. The maximum Gasteiger partial charge on any atom is 0.270 e. The number of nitrogens with zero attached hydrogens (tertiary/aromatic N) is 1. The quantitative estimate of drug-likeness (QED) is 0.895. The van der Waals surface area contributed by atoms with Gasteiger partial charge in [0.25, 0.3) is 11.8 Å². The zero-order chi connectivity index (χ0) is 17.8. The third-order valence-corrected chi connectivity index (χ3v) is 4.42. The van der Waals surface area contributed by atoms with E-state index in [-0.39, 0.29) is 23.6 Å². The maximum absolute atomic E-state index is 12.5. The van der Waals surface area contributed by atoms with E-state index in [9.17, 15) is 9.59 Å². The van der Waals surface area contributed by atoms with E-state index in [2.05, 4.69) is 15.6 Å². The number of hydrogen-bond acceptors (Lipinski definition) is 3. The molecular weight excluding hydrogens is 314 g/mol. The minimum Gasteiger partial charge on any atom is -0.348 e. The van der Waals surface area contributed by atoms with Crippen LogP contribution >= 0.6 is 0 Å². The van der Waals surface area contributed by atoms with Crippen LogP contribution in [0, 0.1) is 13.8 Å². The Morgan fingerprint density at radius 3 is 2.36 bits per heavy atom. The molecule has 0 spiro atoms. The minimum absolute atomic E-state index is 0.215. The first-order valence-electron chi connectivity index (χ1n) is 8.68. The van der Waals surface area contributed by atoms with Gasteiger partial charge in [0.2, 0.25) is 0 Å². The molecule has 1 heterocycles. The Balaban J connectivity index is 1.71. The largest absolute Gasteiger partial charge is 0.348 e. The Hall–Kier alpha value is -2.69. The molecule has 0 aliphatic heterocycles. The number of pyridine rings is 1. The average Bonchev–Trinajstić information content (AvgIpc) is 3.07. The van der Waals surface area contributed by atoms with Gasteiger partial charge in [0.05, 0.1) is 0 Å². The van der Waals surface area contributed by atoms with Gasteiger partial charge in [-0.05, 0) is 62.1 Å². The van der Waals surface area contributed by atoms with E-state index in [1.807, 2.05) is 32.0 Å². The molecule has 2 N–H and O–H groups in total. The summed E-state index contributed by atoms with van der Waals surface area (Å²) >= 11 is 0. The fraction of sp³-hybridized carbons (Fsp3) is 0.350. The highest BCUT2D eigenvalue weighted by molar-refractivity contribution is 6.05. The zero-order valence-electron chi connectivity index (χ0n) is 14.6.